The molecule has 0 saturated carbocycles. The molecule has 0 radical (unpaired) electrons. The molecule has 4 rings (SSSR count). The van der Waals surface area contributed by atoms with E-state index in [1.807, 2.05) is 24.5 Å². The molecule has 2 N–H and O–H groups in total. The summed E-state index contributed by atoms with van der Waals surface area (Å²) < 4.78 is 0. The second-order valence-corrected chi connectivity index (χ2v) is 8.04. The standard InChI is InChI=1S/C21H21Cl2N3O2/c22-17-6-4-14(9-18(17)23)21(28)25-20-16-11-15(5-3-13(16)10-19(20)27)24-12-26-7-1-2-8-26/h3-6,9,11-12,19-20,27H,1-2,7-8,10H2,(H,25,28)/t19-,20?/m1/s1. The van der Waals surface area contributed by atoms with Gasteiger partial charge in [-0.3, -0.25) is 4.79 Å². The van der Waals surface area contributed by atoms with Crippen LogP contribution in [0.25, 0.3) is 0 Å². The second-order valence-electron chi connectivity index (χ2n) is 7.22. The number of carbonyl (C=O) groups excluding carboxylic acids is 1. The number of carbonyl (C=O) groups is 1. The van der Waals surface area contributed by atoms with Crippen LogP contribution >= 0.6 is 23.2 Å². The van der Waals surface area contributed by atoms with Gasteiger partial charge in [0.25, 0.3) is 5.91 Å². The Bertz CT molecular complexity index is 926. The number of fused-ring (bicyclic) bond motifs is 1. The third kappa shape index (κ3) is 4.02. The van der Waals surface area contributed by atoms with Gasteiger partial charge in [-0.25, -0.2) is 4.99 Å². The number of nitrogens with zero attached hydrogens (tertiary/aromatic N) is 2. The zero-order valence-electron chi connectivity index (χ0n) is 15.2. The van der Waals surface area contributed by atoms with E-state index in [-0.39, 0.29) is 5.91 Å². The maximum atomic E-state index is 12.6. The van der Waals surface area contributed by atoms with Crippen LogP contribution in [0.15, 0.2) is 41.4 Å². The van der Waals surface area contributed by atoms with Gasteiger partial charge in [0.2, 0.25) is 0 Å². The minimum Gasteiger partial charge on any atom is -0.390 e. The molecule has 2 atom stereocenters. The van der Waals surface area contributed by atoms with Crippen LogP contribution in [-0.2, 0) is 6.42 Å². The Hall–Kier alpha value is -2.08. The van der Waals surface area contributed by atoms with Gasteiger partial charge < -0.3 is 15.3 Å². The van der Waals surface area contributed by atoms with Gasteiger partial charge in [-0.15, -0.1) is 0 Å². The summed E-state index contributed by atoms with van der Waals surface area (Å²) in [6.07, 6.45) is 4.09. The van der Waals surface area contributed by atoms with Crippen LogP contribution in [-0.4, -0.2) is 41.4 Å². The highest BCUT2D eigenvalue weighted by Crippen LogP contribution is 2.34. The van der Waals surface area contributed by atoms with E-state index < -0.39 is 12.1 Å². The monoisotopic (exact) mass is 417 g/mol. The number of amides is 1. The van der Waals surface area contributed by atoms with Crippen molar-refractivity contribution < 1.29 is 9.90 Å². The lowest BCUT2D eigenvalue weighted by molar-refractivity contribution is 0.0858. The number of aliphatic hydroxyl groups excluding tert-OH is 1. The van der Waals surface area contributed by atoms with Gasteiger partial charge in [0.05, 0.1) is 34.2 Å². The fourth-order valence-electron chi connectivity index (χ4n) is 3.73. The van der Waals surface area contributed by atoms with Crippen LogP contribution in [0.2, 0.25) is 10.0 Å². The maximum absolute atomic E-state index is 12.6. The van der Waals surface area contributed by atoms with Crippen LogP contribution < -0.4 is 5.32 Å². The Labute approximate surface area is 174 Å². The number of halogens is 2. The van der Waals surface area contributed by atoms with E-state index in [9.17, 15) is 9.90 Å². The number of hydrogen-bond donors (Lipinski definition) is 2. The molecular formula is C21H21Cl2N3O2. The molecule has 0 spiro atoms. The molecule has 1 amide bonds. The number of nitrogens with one attached hydrogen (secondary N) is 1. The number of aliphatic imine (C=N–C) groups is 1. The largest absolute Gasteiger partial charge is 0.390 e. The minimum atomic E-state index is -0.681. The number of likely N-dealkylation sites (tertiary alicyclic amines) is 1. The summed E-state index contributed by atoms with van der Waals surface area (Å²) in [4.78, 5) is 19.4. The molecule has 28 heavy (non-hydrogen) atoms. The lowest BCUT2D eigenvalue weighted by Gasteiger charge is -2.18. The van der Waals surface area contributed by atoms with E-state index in [1.54, 1.807) is 12.1 Å². The van der Waals surface area contributed by atoms with Gasteiger partial charge in [-0.2, -0.15) is 0 Å². The summed E-state index contributed by atoms with van der Waals surface area (Å²) in [5.74, 6) is -0.304. The van der Waals surface area contributed by atoms with Crippen molar-refractivity contribution in [1.29, 1.82) is 0 Å². The number of rotatable bonds is 4. The molecular weight excluding hydrogens is 397 g/mol. The summed E-state index contributed by atoms with van der Waals surface area (Å²) >= 11 is 11.9. The smallest absolute Gasteiger partial charge is 0.251 e. The van der Waals surface area contributed by atoms with Gasteiger partial charge in [-0.1, -0.05) is 29.3 Å². The van der Waals surface area contributed by atoms with E-state index in [0.29, 0.717) is 22.0 Å². The summed E-state index contributed by atoms with van der Waals surface area (Å²) in [6, 6.07) is 10.1. The molecule has 1 fully saturated rings. The molecule has 1 unspecified atom stereocenters. The summed E-state index contributed by atoms with van der Waals surface area (Å²) in [5, 5.41) is 14.1. The van der Waals surface area contributed by atoms with Gasteiger partial charge in [0.1, 0.15) is 0 Å². The normalized spacial score (nSPS) is 21.3. The van der Waals surface area contributed by atoms with Crippen LogP contribution in [0.3, 0.4) is 0 Å². The van der Waals surface area contributed by atoms with E-state index >= 15 is 0 Å². The van der Waals surface area contributed by atoms with Crippen molar-refractivity contribution in [3.8, 4) is 0 Å². The Kier molecular flexibility index (Phi) is 5.58. The van der Waals surface area contributed by atoms with Crippen molar-refractivity contribution in [2.75, 3.05) is 13.1 Å². The average molecular weight is 418 g/mol. The van der Waals surface area contributed by atoms with Crippen LogP contribution in [0.1, 0.15) is 40.4 Å². The molecule has 1 heterocycles. The summed E-state index contributed by atoms with van der Waals surface area (Å²) in [7, 11) is 0. The molecule has 2 aromatic rings. The quantitative estimate of drug-likeness (QED) is 0.580. The second kappa shape index (κ2) is 8.11. The van der Waals surface area contributed by atoms with Crippen LogP contribution in [0, 0.1) is 0 Å². The van der Waals surface area contributed by atoms with Crippen molar-refractivity contribution in [2.24, 2.45) is 4.99 Å². The minimum absolute atomic E-state index is 0.304. The van der Waals surface area contributed by atoms with Gasteiger partial charge in [0, 0.05) is 25.1 Å². The number of aliphatic hydroxyl groups is 1. The summed E-state index contributed by atoms with van der Waals surface area (Å²) in [6.45, 7) is 2.07. The van der Waals surface area contributed by atoms with Crippen molar-refractivity contribution in [1.82, 2.24) is 10.2 Å². The van der Waals surface area contributed by atoms with Crippen LogP contribution in [0.5, 0.6) is 0 Å². The Morgan fingerprint density at radius 3 is 2.68 bits per heavy atom. The van der Waals surface area contributed by atoms with E-state index in [4.69, 9.17) is 23.2 Å². The van der Waals surface area contributed by atoms with E-state index in [1.165, 1.54) is 18.9 Å². The highest BCUT2D eigenvalue weighted by molar-refractivity contribution is 6.42. The molecule has 2 aliphatic rings. The molecule has 146 valence electrons. The van der Waals surface area contributed by atoms with E-state index in [2.05, 4.69) is 15.2 Å². The Morgan fingerprint density at radius 2 is 1.93 bits per heavy atom. The van der Waals surface area contributed by atoms with E-state index in [0.717, 1.165) is 29.9 Å². The Balaban J connectivity index is 1.53. The molecule has 5 nitrogen and oxygen atoms in total. The highest BCUT2D eigenvalue weighted by atomic mass is 35.5. The van der Waals surface area contributed by atoms with Crippen LogP contribution in [0.4, 0.5) is 5.69 Å². The third-order valence-corrected chi connectivity index (χ3v) is 6.00. The van der Waals surface area contributed by atoms with Crippen molar-refractivity contribution in [3.05, 3.63) is 63.1 Å². The number of benzene rings is 2. The number of hydrogen-bond acceptors (Lipinski definition) is 3. The zero-order valence-corrected chi connectivity index (χ0v) is 16.7. The molecule has 1 saturated heterocycles. The van der Waals surface area contributed by atoms with Crippen molar-refractivity contribution >= 4 is 41.1 Å². The molecule has 0 aromatic heterocycles. The van der Waals surface area contributed by atoms with Gasteiger partial charge >= 0.3 is 0 Å². The SMILES string of the molecule is O=C(NC1c2cc(N=CN3CCCC3)ccc2C[C@H]1O)c1ccc(Cl)c(Cl)c1. The molecule has 0 bridgehead atoms. The van der Waals surface area contributed by atoms with Gasteiger partial charge in [-0.05, 0) is 54.3 Å². The van der Waals surface area contributed by atoms with Crippen molar-refractivity contribution in [3.63, 3.8) is 0 Å². The third-order valence-electron chi connectivity index (χ3n) is 5.26. The maximum Gasteiger partial charge on any atom is 0.251 e. The lowest BCUT2D eigenvalue weighted by Crippen LogP contribution is -2.33. The predicted octanol–water partition coefficient (Wildman–Crippen LogP) is 4.14. The molecule has 2 aromatic carbocycles. The molecule has 7 heteroatoms. The highest BCUT2D eigenvalue weighted by Gasteiger charge is 2.32. The topological polar surface area (TPSA) is 64.9 Å². The zero-order chi connectivity index (χ0) is 19.7. The molecule has 1 aliphatic heterocycles. The first-order valence-electron chi connectivity index (χ1n) is 9.36. The first-order chi connectivity index (χ1) is 13.5. The predicted molar refractivity (Wildman–Crippen MR) is 112 cm³/mol. The summed E-state index contributed by atoms with van der Waals surface area (Å²) in [5.41, 5.74) is 3.14. The first kappa shape index (κ1) is 19.2. The Morgan fingerprint density at radius 1 is 1.14 bits per heavy atom. The first-order valence-corrected chi connectivity index (χ1v) is 10.1. The fourth-order valence-corrected chi connectivity index (χ4v) is 4.03. The lowest BCUT2D eigenvalue weighted by atomic mass is 10.1. The van der Waals surface area contributed by atoms with Crippen molar-refractivity contribution in [2.45, 2.75) is 31.4 Å². The molecule has 1 aliphatic carbocycles. The fraction of sp³-hybridized carbons (Fsp3) is 0.333. The van der Waals surface area contributed by atoms with Gasteiger partial charge in [0.15, 0.2) is 0 Å². The average Bonchev–Trinajstić information content (AvgIpc) is 3.30.